The van der Waals surface area contributed by atoms with Gasteiger partial charge in [0.25, 0.3) is 5.91 Å². The van der Waals surface area contributed by atoms with Gasteiger partial charge in [-0.1, -0.05) is 30.3 Å². The summed E-state index contributed by atoms with van der Waals surface area (Å²) < 4.78 is 0. The zero-order chi connectivity index (χ0) is 18.5. The van der Waals surface area contributed by atoms with Crippen LogP contribution in [0.5, 0.6) is 0 Å². The third-order valence-corrected chi connectivity index (χ3v) is 4.69. The van der Waals surface area contributed by atoms with Crippen LogP contribution >= 0.6 is 0 Å². The van der Waals surface area contributed by atoms with Crippen LogP contribution in [-0.2, 0) is 6.54 Å². The summed E-state index contributed by atoms with van der Waals surface area (Å²) in [6.45, 7) is 5.14. The number of carbonyl (C=O) groups is 2. The van der Waals surface area contributed by atoms with Gasteiger partial charge in [0.15, 0.2) is 5.78 Å². The molecule has 0 aliphatic carbocycles. The van der Waals surface area contributed by atoms with Crippen LogP contribution in [0.15, 0.2) is 48.5 Å². The van der Waals surface area contributed by atoms with E-state index in [0.717, 1.165) is 25.2 Å². The Morgan fingerprint density at radius 1 is 0.962 bits per heavy atom. The number of benzene rings is 2. The molecule has 1 saturated heterocycles. The van der Waals surface area contributed by atoms with Gasteiger partial charge in [0.1, 0.15) is 0 Å². The quantitative estimate of drug-likeness (QED) is 0.798. The topological polar surface area (TPSA) is 64.4 Å². The number of piperazine rings is 1. The molecule has 0 atom stereocenters. The van der Waals surface area contributed by atoms with E-state index in [9.17, 15) is 9.59 Å². The Labute approximate surface area is 153 Å². The smallest absolute Gasteiger partial charge is 0.254 e. The molecule has 0 saturated carbocycles. The van der Waals surface area contributed by atoms with Gasteiger partial charge in [-0.15, -0.1) is 0 Å². The van der Waals surface area contributed by atoms with Crippen molar-refractivity contribution in [2.24, 2.45) is 0 Å². The predicted molar refractivity (Wildman–Crippen MR) is 98.8 cm³/mol. The number of hydrogen-bond donors (Lipinski definition) is 0. The third kappa shape index (κ3) is 3.98. The monoisotopic (exact) mass is 347 g/mol. The minimum atomic E-state index is -0.0894. The molecule has 0 aromatic heterocycles. The number of amides is 1. The number of ketones is 1. The fraction of sp³-hybridized carbons (Fsp3) is 0.286. The molecule has 0 spiro atoms. The number of nitrogens with zero attached hydrogens (tertiary/aromatic N) is 3. The standard InChI is InChI=1S/C21H21N3O2/c1-16(25)19-4-2-3-5-20(19)21(26)24-12-10-23(11-13-24)15-18-8-6-17(14-22)7-9-18/h2-9H,10-13,15H2,1H3. The molecule has 1 aliphatic heterocycles. The Kier molecular flexibility index (Phi) is 5.45. The van der Waals surface area contributed by atoms with Crippen LogP contribution in [0.2, 0.25) is 0 Å². The highest BCUT2D eigenvalue weighted by Gasteiger charge is 2.24. The number of hydrogen-bond acceptors (Lipinski definition) is 4. The Hall–Kier alpha value is -2.97. The first-order chi connectivity index (χ1) is 12.6. The van der Waals surface area contributed by atoms with Gasteiger partial charge < -0.3 is 4.90 Å². The van der Waals surface area contributed by atoms with E-state index in [1.165, 1.54) is 6.92 Å². The van der Waals surface area contributed by atoms with Crippen molar-refractivity contribution in [2.75, 3.05) is 26.2 Å². The Balaban J connectivity index is 1.60. The maximum atomic E-state index is 12.8. The van der Waals surface area contributed by atoms with Crippen LogP contribution in [0.4, 0.5) is 0 Å². The SMILES string of the molecule is CC(=O)c1ccccc1C(=O)N1CCN(Cc2ccc(C#N)cc2)CC1. The van der Waals surface area contributed by atoms with E-state index in [4.69, 9.17) is 5.26 Å². The van der Waals surface area contributed by atoms with Crippen molar-refractivity contribution in [3.05, 3.63) is 70.8 Å². The van der Waals surface area contributed by atoms with E-state index in [1.54, 1.807) is 24.3 Å². The molecule has 0 radical (unpaired) electrons. The summed E-state index contributed by atoms with van der Waals surface area (Å²) in [7, 11) is 0. The molecule has 0 bridgehead atoms. The van der Waals surface area contributed by atoms with Crippen LogP contribution < -0.4 is 0 Å². The van der Waals surface area contributed by atoms with Crippen LogP contribution in [0.25, 0.3) is 0 Å². The van der Waals surface area contributed by atoms with Gasteiger partial charge in [0, 0.05) is 38.3 Å². The number of Topliss-reactive ketones (excluding diaryl/α,β-unsaturated/α-hetero) is 1. The maximum Gasteiger partial charge on any atom is 0.254 e. The lowest BCUT2D eigenvalue weighted by Crippen LogP contribution is -2.48. The van der Waals surface area contributed by atoms with Crippen molar-refractivity contribution in [3.8, 4) is 6.07 Å². The first-order valence-electron chi connectivity index (χ1n) is 8.69. The van der Waals surface area contributed by atoms with Gasteiger partial charge in [0.2, 0.25) is 0 Å². The first-order valence-corrected chi connectivity index (χ1v) is 8.69. The van der Waals surface area contributed by atoms with Crippen molar-refractivity contribution in [1.29, 1.82) is 5.26 Å². The average Bonchev–Trinajstić information content (AvgIpc) is 2.68. The molecular formula is C21H21N3O2. The fourth-order valence-corrected chi connectivity index (χ4v) is 3.20. The van der Waals surface area contributed by atoms with E-state index in [0.29, 0.717) is 29.8 Å². The zero-order valence-corrected chi connectivity index (χ0v) is 14.8. The van der Waals surface area contributed by atoms with Crippen LogP contribution in [0.1, 0.15) is 38.8 Å². The summed E-state index contributed by atoms with van der Waals surface area (Å²) in [5, 5.41) is 8.86. The largest absolute Gasteiger partial charge is 0.336 e. The molecule has 132 valence electrons. The predicted octanol–water partition coefficient (Wildman–Crippen LogP) is 2.72. The van der Waals surface area contributed by atoms with Crippen LogP contribution in [0, 0.1) is 11.3 Å². The first kappa shape index (κ1) is 17.8. The van der Waals surface area contributed by atoms with Gasteiger partial charge in [-0.05, 0) is 30.7 Å². The Bertz CT molecular complexity index is 844. The summed E-state index contributed by atoms with van der Waals surface area (Å²) in [4.78, 5) is 28.7. The second kappa shape index (κ2) is 7.94. The van der Waals surface area contributed by atoms with Crippen molar-refractivity contribution >= 4 is 11.7 Å². The maximum absolute atomic E-state index is 12.8. The summed E-state index contributed by atoms with van der Waals surface area (Å²) in [5.41, 5.74) is 2.79. The molecule has 2 aromatic rings. The molecule has 2 aromatic carbocycles. The average molecular weight is 347 g/mol. The summed E-state index contributed by atoms with van der Waals surface area (Å²) in [5.74, 6) is -0.165. The molecule has 1 aliphatic rings. The molecule has 1 amide bonds. The van der Waals surface area contributed by atoms with Crippen molar-refractivity contribution in [2.45, 2.75) is 13.5 Å². The van der Waals surface area contributed by atoms with Crippen molar-refractivity contribution in [3.63, 3.8) is 0 Å². The lowest BCUT2D eigenvalue weighted by Gasteiger charge is -2.35. The van der Waals surface area contributed by atoms with E-state index in [2.05, 4.69) is 11.0 Å². The lowest BCUT2D eigenvalue weighted by molar-refractivity contribution is 0.0625. The van der Waals surface area contributed by atoms with Gasteiger partial charge in [-0.25, -0.2) is 0 Å². The van der Waals surface area contributed by atoms with Gasteiger partial charge in [0.05, 0.1) is 17.2 Å². The highest BCUT2D eigenvalue weighted by Crippen LogP contribution is 2.15. The molecule has 26 heavy (non-hydrogen) atoms. The molecule has 0 unspecified atom stereocenters. The molecule has 3 rings (SSSR count). The molecule has 0 N–H and O–H groups in total. The molecule has 1 heterocycles. The Morgan fingerprint density at radius 3 is 2.15 bits per heavy atom. The van der Waals surface area contributed by atoms with E-state index < -0.39 is 0 Å². The van der Waals surface area contributed by atoms with E-state index in [-0.39, 0.29) is 11.7 Å². The zero-order valence-electron chi connectivity index (χ0n) is 14.8. The van der Waals surface area contributed by atoms with Crippen molar-refractivity contribution in [1.82, 2.24) is 9.80 Å². The van der Waals surface area contributed by atoms with Crippen molar-refractivity contribution < 1.29 is 9.59 Å². The summed E-state index contributed by atoms with van der Waals surface area (Å²) in [6, 6.07) is 16.7. The van der Waals surface area contributed by atoms with E-state index in [1.807, 2.05) is 29.2 Å². The number of nitriles is 1. The number of carbonyl (C=O) groups excluding carboxylic acids is 2. The summed E-state index contributed by atoms with van der Waals surface area (Å²) >= 11 is 0. The second-order valence-electron chi connectivity index (χ2n) is 6.48. The normalized spacial score (nSPS) is 14.7. The minimum absolute atomic E-state index is 0.0752. The van der Waals surface area contributed by atoms with Crippen LogP contribution in [0.3, 0.4) is 0 Å². The third-order valence-electron chi connectivity index (χ3n) is 4.69. The second-order valence-corrected chi connectivity index (χ2v) is 6.48. The number of rotatable bonds is 4. The van der Waals surface area contributed by atoms with Gasteiger partial charge in [-0.3, -0.25) is 14.5 Å². The van der Waals surface area contributed by atoms with E-state index >= 15 is 0 Å². The minimum Gasteiger partial charge on any atom is -0.336 e. The molecular weight excluding hydrogens is 326 g/mol. The molecule has 1 fully saturated rings. The van der Waals surface area contributed by atoms with Gasteiger partial charge in [-0.2, -0.15) is 5.26 Å². The summed E-state index contributed by atoms with van der Waals surface area (Å²) in [6.07, 6.45) is 0. The van der Waals surface area contributed by atoms with Crippen LogP contribution in [-0.4, -0.2) is 47.7 Å². The van der Waals surface area contributed by atoms with Gasteiger partial charge >= 0.3 is 0 Å². The highest BCUT2D eigenvalue weighted by molar-refractivity contribution is 6.07. The fourth-order valence-electron chi connectivity index (χ4n) is 3.20. The highest BCUT2D eigenvalue weighted by atomic mass is 16.2. The Morgan fingerprint density at radius 2 is 1.58 bits per heavy atom. The lowest BCUT2D eigenvalue weighted by atomic mass is 10.0. The molecule has 5 heteroatoms. The molecule has 5 nitrogen and oxygen atoms in total.